The Morgan fingerprint density at radius 3 is 2.92 bits per heavy atom. The molecule has 26 heavy (non-hydrogen) atoms. The molecule has 0 spiro atoms. The van der Waals surface area contributed by atoms with Gasteiger partial charge in [-0.3, -0.25) is 9.69 Å². The third kappa shape index (κ3) is 3.51. The Morgan fingerprint density at radius 1 is 1.19 bits per heavy atom. The molecule has 2 aromatic carbocycles. The molecule has 4 rings (SSSR count). The van der Waals surface area contributed by atoms with Crippen LogP contribution >= 0.6 is 0 Å². The Morgan fingerprint density at radius 2 is 2.04 bits per heavy atom. The lowest BCUT2D eigenvalue weighted by Crippen LogP contribution is -2.42. The largest absolute Gasteiger partial charge is 0.454 e. The van der Waals surface area contributed by atoms with Crippen molar-refractivity contribution in [1.29, 1.82) is 0 Å². The first-order chi connectivity index (χ1) is 12.7. The molecule has 0 radical (unpaired) electrons. The molecule has 2 aliphatic rings. The average Bonchev–Trinajstić information content (AvgIpc) is 3.30. The minimum Gasteiger partial charge on any atom is -0.454 e. The van der Waals surface area contributed by atoms with Gasteiger partial charge in [0.1, 0.15) is 5.82 Å². The lowest BCUT2D eigenvalue weighted by atomic mass is 10.1. The van der Waals surface area contributed by atoms with Crippen LogP contribution in [0, 0.1) is 5.82 Å². The second-order valence-corrected chi connectivity index (χ2v) is 6.63. The van der Waals surface area contributed by atoms with Crippen molar-refractivity contribution in [2.75, 3.05) is 13.3 Å². The number of carbonyl (C=O) groups is 1. The first kappa shape index (κ1) is 16.8. The van der Waals surface area contributed by atoms with Gasteiger partial charge in [0.15, 0.2) is 11.5 Å². The fourth-order valence-electron chi connectivity index (χ4n) is 3.52. The molecular formula is C20H21FN2O3. The molecule has 1 N–H and O–H groups in total. The number of hydrogen-bond donors (Lipinski definition) is 1. The van der Waals surface area contributed by atoms with Crippen molar-refractivity contribution in [2.24, 2.45) is 0 Å². The number of fused-ring (bicyclic) bond motifs is 1. The van der Waals surface area contributed by atoms with Crippen LogP contribution in [-0.2, 0) is 17.9 Å². The lowest BCUT2D eigenvalue weighted by molar-refractivity contribution is -0.125. The molecule has 0 bridgehead atoms. The van der Waals surface area contributed by atoms with E-state index in [4.69, 9.17) is 9.47 Å². The summed E-state index contributed by atoms with van der Waals surface area (Å²) in [5.41, 5.74) is 1.59. The van der Waals surface area contributed by atoms with Crippen LogP contribution in [0.1, 0.15) is 24.0 Å². The van der Waals surface area contributed by atoms with Crippen molar-refractivity contribution in [3.8, 4) is 11.5 Å². The monoisotopic (exact) mass is 356 g/mol. The molecule has 6 heteroatoms. The summed E-state index contributed by atoms with van der Waals surface area (Å²) in [5.74, 6) is 1.20. The number of halogens is 1. The first-order valence-electron chi connectivity index (χ1n) is 8.84. The van der Waals surface area contributed by atoms with Crippen LogP contribution in [0.5, 0.6) is 11.5 Å². The van der Waals surface area contributed by atoms with Gasteiger partial charge in [0.05, 0.1) is 6.04 Å². The summed E-state index contributed by atoms with van der Waals surface area (Å²) in [6.45, 7) is 1.92. The van der Waals surface area contributed by atoms with E-state index in [0.717, 1.165) is 30.7 Å². The summed E-state index contributed by atoms with van der Waals surface area (Å²) in [4.78, 5) is 14.7. The van der Waals surface area contributed by atoms with Crippen molar-refractivity contribution in [3.05, 3.63) is 59.4 Å². The van der Waals surface area contributed by atoms with Gasteiger partial charge in [-0.15, -0.1) is 0 Å². The average molecular weight is 356 g/mol. The van der Waals surface area contributed by atoms with E-state index < -0.39 is 0 Å². The van der Waals surface area contributed by atoms with Gasteiger partial charge in [0.25, 0.3) is 0 Å². The number of rotatable bonds is 5. The molecular weight excluding hydrogens is 335 g/mol. The van der Waals surface area contributed by atoms with E-state index in [-0.39, 0.29) is 24.6 Å². The van der Waals surface area contributed by atoms with Gasteiger partial charge in [-0.05, 0) is 43.1 Å². The summed E-state index contributed by atoms with van der Waals surface area (Å²) < 4.78 is 24.6. The second kappa shape index (κ2) is 7.33. The maximum absolute atomic E-state index is 13.9. The smallest absolute Gasteiger partial charge is 0.237 e. The van der Waals surface area contributed by atoms with Gasteiger partial charge in [-0.25, -0.2) is 4.39 Å². The first-order valence-corrected chi connectivity index (χ1v) is 8.84. The van der Waals surface area contributed by atoms with E-state index in [1.54, 1.807) is 12.1 Å². The SMILES string of the molecule is O=C(NCc1ccc2c(c1)OCO2)C1CCCN1Cc1ccccc1F. The Balaban J connectivity index is 1.37. The van der Waals surface area contributed by atoms with Gasteiger partial charge < -0.3 is 14.8 Å². The van der Waals surface area contributed by atoms with E-state index in [2.05, 4.69) is 5.32 Å². The maximum Gasteiger partial charge on any atom is 0.237 e. The Kier molecular flexibility index (Phi) is 4.75. The van der Waals surface area contributed by atoms with Crippen molar-refractivity contribution in [3.63, 3.8) is 0 Å². The molecule has 1 atom stereocenters. The number of ether oxygens (including phenoxy) is 2. The number of nitrogens with zero attached hydrogens (tertiary/aromatic N) is 1. The predicted molar refractivity (Wildman–Crippen MR) is 94.2 cm³/mol. The molecule has 136 valence electrons. The van der Waals surface area contributed by atoms with E-state index in [0.29, 0.717) is 24.4 Å². The number of likely N-dealkylation sites (tertiary alicyclic amines) is 1. The fourth-order valence-corrected chi connectivity index (χ4v) is 3.52. The van der Waals surface area contributed by atoms with Crippen LogP contribution in [0.3, 0.4) is 0 Å². The van der Waals surface area contributed by atoms with Crippen molar-refractivity contribution in [2.45, 2.75) is 32.0 Å². The molecule has 5 nitrogen and oxygen atoms in total. The third-order valence-corrected chi connectivity index (χ3v) is 4.90. The van der Waals surface area contributed by atoms with Crippen molar-refractivity contribution in [1.82, 2.24) is 10.2 Å². The van der Waals surface area contributed by atoms with Crippen molar-refractivity contribution < 1.29 is 18.7 Å². The molecule has 2 aliphatic heterocycles. The second-order valence-electron chi connectivity index (χ2n) is 6.63. The highest BCUT2D eigenvalue weighted by Gasteiger charge is 2.30. The summed E-state index contributed by atoms with van der Waals surface area (Å²) in [5, 5.41) is 2.99. The molecule has 0 saturated carbocycles. The summed E-state index contributed by atoms with van der Waals surface area (Å²) >= 11 is 0. The molecule has 1 amide bonds. The molecule has 2 aromatic rings. The highest BCUT2D eigenvalue weighted by molar-refractivity contribution is 5.82. The normalized spacial score (nSPS) is 18.9. The summed E-state index contributed by atoms with van der Waals surface area (Å²) in [6.07, 6.45) is 1.73. The number of benzene rings is 2. The van der Waals surface area contributed by atoms with Gasteiger partial charge in [-0.1, -0.05) is 24.3 Å². The zero-order valence-electron chi connectivity index (χ0n) is 14.4. The highest BCUT2D eigenvalue weighted by Crippen LogP contribution is 2.32. The molecule has 1 saturated heterocycles. The van der Waals surface area contributed by atoms with E-state index in [9.17, 15) is 9.18 Å². The lowest BCUT2D eigenvalue weighted by Gasteiger charge is -2.24. The summed E-state index contributed by atoms with van der Waals surface area (Å²) in [6, 6.07) is 12.2. The number of carbonyl (C=O) groups excluding carboxylic acids is 1. The quantitative estimate of drug-likeness (QED) is 0.895. The number of amides is 1. The summed E-state index contributed by atoms with van der Waals surface area (Å²) in [7, 11) is 0. The van der Waals surface area contributed by atoms with Crippen LogP contribution in [-0.4, -0.2) is 30.2 Å². The van der Waals surface area contributed by atoms with Gasteiger partial charge >= 0.3 is 0 Å². The van der Waals surface area contributed by atoms with Crippen LogP contribution in [0.2, 0.25) is 0 Å². The van der Waals surface area contributed by atoms with E-state index in [1.807, 2.05) is 29.2 Å². The standard InChI is InChI=1S/C20H21FN2O3/c21-16-5-2-1-4-15(16)12-23-9-3-6-17(23)20(24)22-11-14-7-8-18-19(10-14)26-13-25-18/h1-2,4-5,7-8,10,17H,3,6,9,11-13H2,(H,22,24). The van der Waals surface area contributed by atoms with Gasteiger partial charge in [0, 0.05) is 18.7 Å². The van der Waals surface area contributed by atoms with Gasteiger partial charge in [-0.2, -0.15) is 0 Å². The predicted octanol–water partition coefficient (Wildman–Crippen LogP) is 2.84. The van der Waals surface area contributed by atoms with E-state index in [1.165, 1.54) is 6.07 Å². The van der Waals surface area contributed by atoms with E-state index >= 15 is 0 Å². The minimum atomic E-state index is -0.223. The molecule has 2 heterocycles. The Bertz CT molecular complexity index is 811. The zero-order valence-corrected chi connectivity index (χ0v) is 14.4. The number of nitrogens with one attached hydrogen (secondary N) is 1. The number of hydrogen-bond acceptors (Lipinski definition) is 4. The Labute approximate surface area is 151 Å². The molecule has 1 unspecified atom stereocenters. The molecule has 0 aromatic heterocycles. The van der Waals surface area contributed by atoms with Crippen LogP contribution < -0.4 is 14.8 Å². The van der Waals surface area contributed by atoms with Crippen LogP contribution in [0.4, 0.5) is 4.39 Å². The molecule has 0 aliphatic carbocycles. The maximum atomic E-state index is 13.9. The van der Waals surface area contributed by atoms with Crippen LogP contribution in [0.25, 0.3) is 0 Å². The third-order valence-electron chi connectivity index (χ3n) is 4.90. The minimum absolute atomic E-state index is 0.0171. The highest BCUT2D eigenvalue weighted by atomic mass is 19.1. The Hall–Kier alpha value is -2.60. The topological polar surface area (TPSA) is 50.8 Å². The van der Waals surface area contributed by atoms with Crippen LogP contribution in [0.15, 0.2) is 42.5 Å². The molecule has 1 fully saturated rings. The van der Waals surface area contributed by atoms with Crippen molar-refractivity contribution >= 4 is 5.91 Å². The van der Waals surface area contributed by atoms with Gasteiger partial charge in [0.2, 0.25) is 12.7 Å². The fraction of sp³-hybridized carbons (Fsp3) is 0.350. The zero-order chi connectivity index (χ0) is 17.9.